The number of anilines is 1. The van der Waals surface area contributed by atoms with Gasteiger partial charge < -0.3 is 5.32 Å². The van der Waals surface area contributed by atoms with E-state index < -0.39 is 0 Å². The summed E-state index contributed by atoms with van der Waals surface area (Å²) in [5.74, 6) is 0.121. The Balaban J connectivity index is 1.92. The highest BCUT2D eigenvalue weighted by Crippen LogP contribution is 2.12. The number of rotatable bonds is 4. The lowest BCUT2D eigenvalue weighted by atomic mass is 10.1. The average Bonchev–Trinajstić information content (AvgIpc) is 2.40. The molecule has 1 heterocycles. The van der Waals surface area contributed by atoms with E-state index >= 15 is 0 Å². The second kappa shape index (κ2) is 6.09. The van der Waals surface area contributed by atoms with E-state index in [4.69, 9.17) is 0 Å². The molecular weight excluding hydrogens is 243 g/mol. The largest absolute Gasteiger partial charge is 0.310 e. The third-order valence-electron chi connectivity index (χ3n) is 2.85. The molecule has 0 radical (unpaired) electrons. The van der Waals surface area contributed by atoms with E-state index in [-0.39, 0.29) is 18.1 Å². The normalized spacial score (nSPS) is 10.2. The number of pyridine rings is 1. The van der Waals surface area contributed by atoms with Gasteiger partial charge in [-0.3, -0.25) is 4.79 Å². The molecule has 0 saturated carbocycles. The molecule has 0 spiro atoms. The molecule has 2 rings (SSSR count). The van der Waals surface area contributed by atoms with Crippen LogP contribution >= 0.6 is 0 Å². The van der Waals surface area contributed by atoms with E-state index in [0.717, 1.165) is 5.56 Å². The smallest absolute Gasteiger partial charge is 0.225 e. The lowest BCUT2D eigenvalue weighted by Crippen LogP contribution is -2.14. The molecule has 1 N–H and O–H groups in total. The van der Waals surface area contributed by atoms with Gasteiger partial charge in [0.2, 0.25) is 5.91 Å². The molecule has 1 aromatic carbocycles. The highest BCUT2D eigenvalue weighted by Gasteiger charge is 2.07. The maximum absolute atomic E-state index is 13.4. The van der Waals surface area contributed by atoms with Crippen LogP contribution in [0.25, 0.3) is 0 Å². The first kappa shape index (κ1) is 13.2. The molecule has 0 saturated heterocycles. The summed E-state index contributed by atoms with van der Waals surface area (Å²) in [6, 6.07) is 10.2. The summed E-state index contributed by atoms with van der Waals surface area (Å²) in [6.45, 7) is 1.87. The molecule has 2 aromatic rings. The maximum Gasteiger partial charge on any atom is 0.225 e. The van der Waals surface area contributed by atoms with Gasteiger partial charge in [-0.15, -0.1) is 0 Å². The van der Waals surface area contributed by atoms with Crippen molar-refractivity contribution in [3.8, 4) is 0 Å². The Morgan fingerprint density at radius 3 is 2.79 bits per heavy atom. The number of aryl methyl sites for hydroxylation is 2. The van der Waals surface area contributed by atoms with Crippen molar-refractivity contribution in [2.24, 2.45) is 0 Å². The fraction of sp³-hybridized carbons (Fsp3) is 0.200. The minimum Gasteiger partial charge on any atom is -0.310 e. The molecule has 0 aliphatic carbocycles. The molecule has 0 bridgehead atoms. The Hall–Kier alpha value is -2.23. The number of nitrogens with one attached hydrogen (secondary N) is 1. The molecule has 98 valence electrons. The molecule has 1 amide bonds. The summed E-state index contributed by atoms with van der Waals surface area (Å²) >= 11 is 0. The van der Waals surface area contributed by atoms with Crippen molar-refractivity contribution in [1.82, 2.24) is 4.98 Å². The number of carbonyl (C=O) groups excluding carboxylic acids is 1. The third-order valence-corrected chi connectivity index (χ3v) is 2.85. The van der Waals surface area contributed by atoms with Gasteiger partial charge in [0, 0.05) is 12.6 Å². The Bertz CT molecular complexity index is 584. The van der Waals surface area contributed by atoms with Crippen molar-refractivity contribution in [2.75, 3.05) is 5.32 Å². The lowest BCUT2D eigenvalue weighted by Gasteiger charge is -2.07. The van der Waals surface area contributed by atoms with Gasteiger partial charge in [0.05, 0.1) is 0 Å². The van der Waals surface area contributed by atoms with E-state index in [0.29, 0.717) is 17.8 Å². The van der Waals surface area contributed by atoms with Crippen molar-refractivity contribution in [2.45, 2.75) is 19.8 Å². The predicted molar refractivity (Wildman–Crippen MR) is 72.3 cm³/mol. The third kappa shape index (κ3) is 3.61. The maximum atomic E-state index is 13.4. The van der Waals surface area contributed by atoms with Crippen molar-refractivity contribution < 1.29 is 9.18 Å². The van der Waals surface area contributed by atoms with E-state index in [2.05, 4.69) is 10.3 Å². The summed E-state index contributed by atoms with van der Waals surface area (Å²) < 4.78 is 13.4. The van der Waals surface area contributed by atoms with Crippen LogP contribution in [0.15, 0.2) is 42.6 Å². The summed E-state index contributed by atoms with van der Waals surface area (Å²) in [5, 5.41) is 2.73. The average molecular weight is 258 g/mol. The minimum absolute atomic E-state index is 0.162. The van der Waals surface area contributed by atoms with Crippen LogP contribution < -0.4 is 5.32 Å². The number of nitrogens with zero attached hydrogens (tertiary/aromatic N) is 1. The van der Waals surface area contributed by atoms with E-state index in [1.165, 1.54) is 6.07 Å². The zero-order valence-electron chi connectivity index (χ0n) is 10.7. The molecule has 1 aromatic heterocycles. The van der Waals surface area contributed by atoms with Gasteiger partial charge in [0.25, 0.3) is 0 Å². The quantitative estimate of drug-likeness (QED) is 0.915. The molecule has 0 unspecified atom stereocenters. The SMILES string of the molecule is Cc1cccnc1NC(=O)CCc1ccccc1F. The second-order valence-corrected chi connectivity index (χ2v) is 4.31. The zero-order chi connectivity index (χ0) is 13.7. The number of halogens is 1. The molecule has 0 fully saturated rings. The highest BCUT2D eigenvalue weighted by molar-refractivity contribution is 5.90. The Morgan fingerprint density at radius 2 is 2.05 bits per heavy atom. The predicted octanol–water partition coefficient (Wildman–Crippen LogP) is 3.10. The van der Waals surface area contributed by atoms with Gasteiger partial charge in [-0.25, -0.2) is 9.37 Å². The summed E-state index contributed by atoms with van der Waals surface area (Å²) in [7, 11) is 0. The fourth-order valence-corrected chi connectivity index (χ4v) is 1.76. The van der Waals surface area contributed by atoms with Gasteiger partial charge in [-0.2, -0.15) is 0 Å². The molecule has 0 aliphatic rings. The van der Waals surface area contributed by atoms with Crippen LogP contribution in [0.1, 0.15) is 17.5 Å². The minimum atomic E-state index is -0.274. The molecule has 4 heteroatoms. The van der Waals surface area contributed by atoms with Gasteiger partial charge in [-0.1, -0.05) is 24.3 Å². The number of hydrogen-bond acceptors (Lipinski definition) is 2. The lowest BCUT2D eigenvalue weighted by molar-refractivity contribution is -0.116. The van der Waals surface area contributed by atoms with Gasteiger partial charge in [0.15, 0.2) is 0 Å². The number of hydrogen-bond donors (Lipinski definition) is 1. The van der Waals surface area contributed by atoms with E-state index in [1.807, 2.05) is 19.1 Å². The summed E-state index contributed by atoms with van der Waals surface area (Å²) in [4.78, 5) is 15.9. The molecule has 0 aliphatic heterocycles. The first-order valence-corrected chi connectivity index (χ1v) is 6.11. The van der Waals surface area contributed by atoms with Crippen molar-refractivity contribution in [3.05, 3.63) is 59.5 Å². The highest BCUT2D eigenvalue weighted by atomic mass is 19.1. The monoisotopic (exact) mass is 258 g/mol. The van der Waals surface area contributed by atoms with Crippen LogP contribution in [-0.4, -0.2) is 10.9 Å². The number of benzene rings is 1. The topological polar surface area (TPSA) is 42.0 Å². The van der Waals surface area contributed by atoms with Crippen LogP contribution in [0, 0.1) is 12.7 Å². The fourth-order valence-electron chi connectivity index (χ4n) is 1.76. The zero-order valence-corrected chi connectivity index (χ0v) is 10.7. The van der Waals surface area contributed by atoms with Crippen LogP contribution in [0.2, 0.25) is 0 Å². The number of carbonyl (C=O) groups is 1. The Labute approximate surface area is 111 Å². The standard InChI is InChI=1S/C15H15FN2O/c1-11-5-4-10-17-15(11)18-14(19)9-8-12-6-2-3-7-13(12)16/h2-7,10H,8-9H2,1H3,(H,17,18,19). The van der Waals surface area contributed by atoms with E-state index in [9.17, 15) is 9.18 Å². The molecule has 19 heavy (non-hydrogen) atoms. The van der Waals surface area contributed by atoms with Crippen molar-refractivity contribution >= 4 is 11.7 Å². The second-order valence-electron chi connectivity index (χ2n) is 4.31. The Kier molecular flexibility index (Phi) is 4.23. The summed E-state index contributed by atoms with van der Waals surface area (Å²) in [6.07, 6.45) is 2.24. The number of aromatic nitrogens is 1. The van der Waals surface area contributed by atoms with Gasteiger partial charge in [-0.05, 0) is 36.6 Å². The van der Waals surface area contributed by atoms with Gasteiger partial charge in [0.1, 0.15) is 11.6 Å². The van der Waals surface area contributed by atoms with Crippen LogP contribution in [0.4, 0.5) is 10.2 Å². The number of amides is 1. The molecular formula is C15H15FN2O. The van der Waals surface area contributed by atoms with Gasteiger partial charge >= 0.3 is 0 Å². The van der Waals surface area contributed by atoms with Crippen molar-refractivity contribution in [3.63, 3.8) is 0 Å². The first-order valence-electron chi connectivity index (χ1n) is 6.11. The molecule has 3 nitrogen and oxygen atoms in total. The first-order chi connectivity index (χ1) is 9.16. The van der Waals surface area contributed by atoms with Crippen LogP contribution in [-0.2, 0) is 11.2 Å². The van der Waals surface area contributed by atoms with Crippen LogP contribution in [0.3, 0.4) is 0 Å². The Morgan fingerprint density at radius 1 is 1.26 bits per heavy atom. The van der Waals surface area contributed by atoms with Crippen molar-refractivity contribution in [1.29, 1.82) is 0 Å². The molecule has 0 atom stereocenters. The van der Waals surface area contributed by atoms with E-state index in [1.54, 1.807) is 24.4 Å². The summed E-state index contributed by atoms with van der Waals surface area (Å²) in [5.41, 5.74) is 1.46. The van der Waals surface area contributed by atoms with Crippen LogP contribution in [0.5, 0.6) is 0 Å².